The van der Waals surface area contributed by atoms with E-state index in [1.54, 1.807) is 30.3 Å². The lowest BCUT2D eigenvalue weighted by Gasteiger charge is -2.13. The number of rotatable bonds is 5. The van der Waals surface area contributed by atoms with Crippen molar-refractivity contribution in [3.8, 4) is 0 Å². The molecule has 1 rings (SSSR count). The molecule has 0 bridgehead atoms. The summed E-state index contributed by atoms with van der Waals surface area (Å²) >= 11 is 0. The van der Waals surface area contributed by atoms with Gasteiger partial charge in [-0.05, 0) is 12.1 Å². The Morgan fingerprint density at radius 3 is 2.33 bits per heavy atom. The van der Waals surface area contributed by atoms with E-state index in [1.807, 2.05) is 0 Å². The van der Waals surface area contributed by atoms with Gasteiger partial charge in [-0.25, -0.2) is 4.79 Å². The summed E-state index contributed by atoms with van der Waals surface area (Å²) in [6, 6.07) is 6.98. The molecule has 0 saturated carbocycles. The monoisotopic (exact) mass is 250 g/mol. The van der Waals surface area contributed by atoms with E-state index >= 15 is 0 Å². The van der Waals surface area contributed by atoms with E-state index in [2.05, 4.69) is 10.6 Å². The number of amides is 2. The second-order valence-corrected chi connectivity index (χ2v) is 3.61. The third kappa shape index (κ3) is 3.89. The van der Waals surface area contributed by atoms with E-state index in [1.165, 1.54) is 7.05 Å². The van der Waals surface area contributed by atoms with Crippen LogP contribution in [-0.4, -0.2) is 36.0 Å². The molecule has 6 nitrogen and oxygen atoms in total. The van der Waals surface area contributed by atoms with Gasteiger partial charge in [-0.3, -0.25) is 9.59 Å². The van der Waals surface area contributed by atoms with Gasteiger partial charge in [0.25, 0.3) is 5.91 Å². The number of carboxylic acids is 1. The Hall–Kier alpha value is -2.37. The van der Waals surface area contributed by atoms with Crippen molar-refractivity contribution in [2.75, 3.05) is 7.05 Å². The zero-order valence-corrected chi connectivity index (χ0v) is 9.84. The van der Waals surface area contributed by atoms with E-state index in [-0.39, 0.29) is 6.42 Å². The predicted molar refractivity (Wildman–Crippen MR) is 64.0 cm³/mol. The minimum atomic E-state index is -1.25. The number of benzene rings is 1. The lowest BCUT2D eigenvalue weighted by Crippen LogP contribution is -2.43. The van der Waals surface area contributed by atoms with Crippen molar-refractivity contribution in [2.24, 2.45) is 0 Å². The number of hydrogen-bond acceptors (Lipinski definition) is 3. The van der Waals surface area contributed by atoms with Crippen LogP contribution in [0.25, 0.3) is 0 Å². The summed E-state index contributed by atoms with van der Waals surface area (Å²) in [5.74, 6) is -2.22. The van der Waals surface area contributed by atoms with Crippen molar-refractivity contribution in [3.63, 3.8) is 0 Å². The Labute approximate surface area is 104 Å². The average Bonchev–Trinajstić information content (AvgIpc) is 2.38. The summed E-state index contributed by atoms with van der Waals surface area (Å²) in [5, 5.41) is 13.5. The first-order valence-corrected chi connectivity index (χ1v) is 5.34. The van der Waals surface area contributed by atoms with Crippen LogP contribution in [0.2, 0.25) is 0 Å². The molecule has 1 aromatic rings. The van der Waals surface area contributed by atoms with Gasteiger partial charge in [0.05, 0.1) is 6.42 Å². The maximum absolute atomic E-state index is 11.7. The quantitative estimate of drug-likeness (QED) is 0.685. The van der Waals surface area contributed by atoms with Crippen LogP contribution < -0.4 is 10.6 Å². The van der Waals surface area contributed by atoms with E-state index in [0.29, 0.717) is 5.56 Å². The SMILES string of the molecule is CNC(=O)C[C@H](NC(=O)c1ccccc1)C(=O)O. The highest BCUT2D eigenvalue weighted by Gasteiger charge is 2.23. The summed E-state index contributed by atoms with van der Waals surface area (Å²) in [4.78, 5) is 33.8. The standard InChI is InChI=1S/C12H14N2O4/c1-13-10(15)7-9(12(17)18)14-11(16)8-5-3-2-4-6-8/h2-6,9H,7H2,1H3,(H,13,15)(H,14,16)(H,17,18)/t9-/m0/s1. The van der Waals surface area contributed by atoms with Gasteiger partial charge in [0.1, 0.15) is 6.04 Å². The maximum atomic E-state index is 11.7. The van der Waals surface area contributed by atoms with Crippen LogP contribution in [0.3, 0.4) is 0 Å². The van der Waals surface area contributed by atoms with Crippen LogP contribution in [0, 0.1) is 0 Å². The summed E-state index contributed by atoms with van der Waals surface area (Å²) in [7, 11) is 1.40. The Kier molecular flexibility index (Phi) is 4.86. The topological polar surface area (TPSA) is 95.5 Å². The fourth-order valence-electron chi connectivity index (χ4n) is 1.32. The van der Waals surface area contributed by atoms with Crippen molar-refractivity contribution in [2.45, 2.75) is 12.5 Å². The smallest absolute Gasteiger partial charge is 0.326 e. The van der Waals surface area contributed by atoms with Crippen LogP contribution >= 0.6 is 0 Å². The molecule has 96 valence electrons. The van der Waals surface area contributed by atoms with Crippen LogP contribution in [0.15, 0.2) is 30.3 Å². The summed E-state index contributed by atoms with van der Waals surface area (Å²) in [6.07, 6.45) is -0.301. The Morgan fingerprint density at radius 2 is 1.83 bits per heavy atom. The fraction of sp³-hybridized carbons (Fsp3) is 0.250. The number of hydrogen-bond donors (Lipinski definition) is 3. The zero-order valence-electron chi connectivity index (χ0n) is 9.84. The minimum Gasteiger partial charge on any atom is -0.480 e. The molecule has 0 aliphatic heterocycles. The lowest BCUT2D eigenvalue weighted by atomic mass is 10.1. The van der Waals surface area contributed by atoms with Crippen molar-refractivity contribution in [3.05, 3.63) is 35.9 Å². The summed E-state index contributed by atoms with van der Waals surface area (Å²) in [5.41, 5.74) is 0.348. The van der Waals surface area contributed by atoms with Gasteiger partial charge < -0.3 is 15.7 Å². The van der Waals surface area contributed by atoms with E-state index in [0.717, 1.165) is 0 Å². The first kappa shape index (κ1) is 13.7. The number of aliphatic carboxylic acids is 1. The van der Waals surface area contributed by atoms with Gasteiger partial charge in [-0.1, -0.05) is 18.2 Å². The molecule has 0 unspecified atom stereocenters. The second-order valence-electron chi connectivity index (χ2n) is 3.61. The van der Waals surface area contributed by atoms with Gasteiger partial charge >= 0.3 is 5.97 Å². The van der Waals surface area contributed by atoms with Crippen molar-refractivity contribution in [1.29, 1.82) is 0 Å². The van der Waals surface area contributed by atoms with Crippen molar-refractivity contribution < 1.29 is 19.5 Å². The van der Waals surface area contributed by atoms with Crippen molar-refractivity contribution >= 4 is 17.8 Å². The summed E-state index contributed by atoms with van der Waals surface area (Å²) in [6.45, 7) is 0. The Morgan fingerprint density at radius 1 is 1.22 bits per heavy atom. The molecule has 0 spiro atoms. The molecule has 0 aliphatic carbocycles. The van der Waals surface area contributed by atoms with E-state index < -0.39 is 23.8 Å². The minimum absolute atomic E-state index is 0.301. The number of carboxylic acid groups (broad SMARTS) is 1. The van der Waals surface area contributed by atoms with Gasteiger partial charge in [0, 0.05) is 12.6 Å². The molecule has 6 heteroatoms. The number of carbonyl (C=O) groups excluding carboxylic acids is 2. The van der Waals surface area contributed by atoms with Gasteiger partial charge in [0.2, 0.25) is 5.91 Å². The summed E-state index contributed by atoms with van der Waals surface area (Å²) < 4.78 is 0. The molecule has 0 aromatic heterocycles. The maximum Gasteiger partial charge on any atom is 0.326 e. The molecular weight excluding hydrogens is 236 g/mol. The van der Waals surface area contributed by atoms with Crippen LogP contribution in [-0.2, 0) is 9.59 Å². The van der Waals surface area contributed by atoms with Crippen LogP contribution in [0.5, 0.6) is 0 Å². The molecule has 2 amide bonds. The average molecular weight is 250 g/mol. The largest absolute Gasteiger partial charge is 0.480 e. The fourth-order valence-corrected chi connectivity index (χ4v) is 1.32. The first-order chi connectivity index (χ1) is 8.54. The normalized spacial score (nSPS) is 11.4. The predicted octanol–water partition coefficient (Wildman–Crippen LogP) is 0.00570. The molecule has 0 saturated heterocycles. The molecule has 1 atom stereocenters. The highest BCUT2D eigenvalue weighted by molar-refractivity contribution is 5.97. The second kappa shape index (κ2) is 6.39. The molecule has 1 aromatic carbocycles. The molecule has 0 fully saturated rings. The lowest BCUT2D eigenvalue weighted by molar-refractivity contribution is -0.141. The molecule has 0 radical (unpaired) electrons. The van der Waals surface area contributed by atoms with Gasteiger partial charge in [0.15, 0.2) is 0 Å². The third-order valence-corrected chi connectivity index (χ3v) is 2.31. The van der Waals surface area contributed by atoms with Gasteiger partial charge in [-0.15, -0.1) is 0 Å². The Balaban J connectivity index is 2.70. The zero-order chi connectivity index (χ0) is 13.5. The number of nitrogens with one attached hydrogen (secondary N) is 2. The van der Waals surface area contributed by atoms with Crippen molar-refractivity contribution in [1.82, 2.24) is 10.6 Å². The molecule has 18 heavy (non-hydrogen) atoms. The highest BCUT2D eigenvalue weighted by Crippen LogP contribution is 2.00. The number of carbonyl (C=O) groups is 3. The van der Waals surface area contributed by atoms with E-state index in [9.17, 15) is 14.4 Å². The molecule has 0 aliphatic rings. The molecule has 0 heterocycles. The highest BCUT2D eigenvalue weighted by atomic mass is 16.4. The van der Waals surface area contributed by atoms with Crippen LogP contribution in [0.1, 0.15) is 16.8 Å². The molecule has 3 N–H and O–H groups in total. The molecular formula is C12H14N2O4. The van der Waals surface area contributed by atoms with Crippen LogP contribution in [0.4, 0.5) is 0 Å². The Bertz CT molecular complexity index is 445. The van der Waals surface area contributed by atoms with E-state index in [4.69, 9.17) is 5.11 Å². The third-order valence-electron chi connectivity index (χ3n) is 2.31. The van der Waals surface area contributed by atoms with Gasteiger partial charge in [-0.2, -0.15) is 0 Å². The first-order valence-electron chi connectivity index (χ1n) is 5.34.